The van der Waals surface area contributed by atoms with E-state index in [1.807, 2.05) is 25.7 Å². The molecule has 0 aromatic heterocycles. The molecule has 0 aromatic carbocycles. The molecule has 3 unspecified atom stereocenters. The van der Waals surface area contributed by atoms with Gasteiger partial charge in [-0.15, -0.1) is 0 Å². The van der Waals surface area contributed by atoms with E-state index < -0.39 is 0 Å². The number of hydrogen-bond donors (Lipinski definition) is 1. The smallest absolute Gasteiger partial charge is 0.246 e. The number of carbonyl (C=O) groups is 2. The van der Waals surface area contributed by atoms with Crippen LogP contribution in [0.2, 0.25) is 0 Å². The Morgan fingerprint density at radius 2 is 1.89 bits per heavy atom. The van der Waals surface area contributed by atoms with Crippen molar-refractivity contribution in [1.29, 1.82) is 0 Å². The first-order valence-corrected chi connectivity index (χ1v) is 7.09. The van der Waals surface area contributed by atoms with E-state index in [9.17, 15) is 9.59 Å². The van der Waals surface area contributed by atoms with Gasteiger partial charge in [0.25, 0.3) is 0 Å². The van der Waals surface area contributed by atoms with Gasteiger partial charge >= 0.3 is 0 Å². The van der Waals surface area contributed by atoms with E-state index in [4.69, 9.17) is 0 Å². The number of amides is 2. The fourth-order valence-electron chi connectivity index (χ4n) is 2.88. The maximum absolute atomic E-state index is 12.6. The Labute approximate surface area is 109 Å². The molecule has 2 fully saturated rings. The first-order valence-electron chi connectivity index (χ1n) is 7.09. The summed E-state index contributed by atoms with van der Waals surface area (Å²) in [5.74, 6) is 0.869. The van der Waals surface area contributed by atoms with E-state index in [0.29, 0.717) is 12.3 Å². The zero-order valence-electron chi connectivity index (χ0n) is 11.8. The second kappa shape index (κ2) is 4.90. The van der Waals surface area contributed by atoms with Crippen molar-refractivity contribution in [2.24, 2.45) is 11.8 Å². The van der Waals surface area contributed by atoms with Gasteiger partial charge in [-0.3, -0.25) is 9.59 Å². The maximum atomic E-state index is 12.6. The SMILES string of the molecule is CCC1C(=O)NC(C(C)C)C(=O)N1C(C)C1CC1. The lowest BCUT2D eigenvalue weighted by molar-refractivity contribution is -0.153. The molecule has 0 aromatic rings. The van der Waals surface area contributed by atoms with Crippen molar-refractivity contribution in [3.05, 3.63) is 0 Å². The lowest BCUT2D eigenvalue weighted by Gasteiger charge is -2.43. The minimum absolute atomic E-state index is 0.0169. The largest absolute Gasteiger partial charge is 0.342 e. The quantitative estimate of drug-likeness (QED) is 0.825. The van der Waals surface area contributed by atoms with Crippen LogP contribution < -0.4 is 5.32 Å². The second-order valence-corrected chi connectivity index (χ2v) is 5.98. The molecule has 102 valence electrons. The topological polar surface area (TPSA) is 49.4 Å². The molecule has 3 atom stereocenters. The normalized spacial score (nSPS) is 30.6. The van der Waals surface area contributed by atoms with Crippen molar-refractivity contribution in [2.75, 3.05) is 0 Å². The van der Waals surface area contributed by atoms with Crippen LogP contribution in [0, 0.1) is 11.8 Å². The Bertz CT molecular complexity index is 350. The third-order valence-electron chi connectivity index (χ3n) is 4.25. The lowest BCUT2D eigenvalue weighted by atomic mass is 9.94. The lowest BCUT2D eigenvalue weighted by Crippen LogP contribution is -2.66. The van der Waals surface area contributed by atoms with Crippen molar-refractivity contribution in [3.63, 3.8) is 0 Å². The van der Waals surface area contributed by atoms with Crippen LogP contribution in [0.25, 0.3) is 0 Å². The summed E-state index contributed by atoms with van der Waals surface area (Å²) in [5, 5.41) is 2.88. The van der Waals surface area contributed by atoms with E-state index in [1.54, 1.807) is 0 Å². The fraction of sp³-hybridized carbons (Fsp3) is 0.857. The summed E-state index contributed by atoms with van der Waals surface area (Å²) in [5.41, 5.74) is 0. The Morgan fingerprint density at radius 1 is 1.28 bits per heavy atom. The standard InChI is InChI=1S/C14H24N2O2/c1-5-11-13(17)15-12(8(2)3)14(18)16(11)9(4)10-6-7-10/h8-12H,5-7H2,1-4H3,(H,15,17). The first-order chi connectivity index (χ1) is 8.47. The first kappa shape index (κ1) is 13.4. The van der Waals surface area contributed by atoms with Crippen LogP contribution in [0.3, 0.4) is 0 Å². The predicted molar refractivity (Wildman–Crippen MR) is 69.9 cm³/mol. The number of nitrogens with one attached hydrogen (secondary N) is 1. The summed E-state index contributed by atoms with van der Waals surface area (Å²) >= 11 is 0. The average molecular weight is 252 g/mol. The minimum atomic E-state index is -0.346. The molecular weight excluding hydrogens is 228 g/mol. The van der Waals surface area contributed by atoms with Crippen molar-refractivity contribution < 1.29 is 9.59 Å². The number of piperazine rings is 1. The monoisotopic (exact) mass is 252 g/mol. The predicted octanol–water partition coefficient (Wildman–Crippen LogP) is 1.55. The summed E-state index contributed by atoms with van der Waals surface area (Å²) in [6.45, 7) is 8.03. The molecule has 1 saturated heterocycles. The van der Waals surface area contributed by atoms with Crippen LogP contribution >= 0.6 is 0 Å². The molecule has 0 bridgehead atoms. The highest BCUT2D eigenvalue weighted by Crippen LogP contribution is 2.37. The molecular formula is C14H24N2O2. The highest BCUT2D eigenvalue weighted by Gasteiger charge is 2.46. The Kier molecular flexibility index (Phi) is 3.64. The van der Waals surface area contributed by atoms with Gasteiger partial charge in [-0.2, -0.15) is 0 Å². The van der Waals surface area contributed by atoms with Crippen molar-refractivity contribution in [2.45, 2.75) is 65.1 Å². The Balaban J connectivity index is 2.23. The van der Waals surface area contributed by atoms with E-state index in [-0.39, 0.29) is 35.9 Å². The molecule has 2 rings (SSSR count). The zero-order chi connectivity index (χ0) is 13.4. The van der Waals surface area contributed by atoms with Crippen LogP contribution in [-0.4, -0.2) is 34.8 Å². The molecule has 0 radical (unpaired) electrons. The van der Waals surface area contributed by atoms with Crippen molar-refractivity contribution in [1.82, 2.24) is 10.2 Å². The average Bonchev–Trinajstić information content (AvgIpc) is 3.13. The Hall–Kier alpha value is -1.06. The Morgan fingerprint density at radius 3 is 2.33 bits per heavy atom. The number of nitrogens with zero attached hydrogens (tertiary/aromatic N) is 1. The summed E-state index contributed by atoms with van der Waals surface area (Å²) in [6.07, 6.45) is 3.07. The van der Waals surface area contributed by atoms with Gasteiger partial charge < -0.3 is 10.2 Å². The van der Waals surface area contributed by atoms with Crippen LogP contribution in [0.5, 0.6) is 0 Å². The molecule has 4 nitrogen and oxygen atoms in total. The van der Waals surface area contributed by atoms with Gasteiger partial charge in [0.15, 0.2) is 0 Å². The summed E-state index contributed by atoms with van der Waals surface area (Å²) in [4.78, 5) is 26.6. The van der Waals surface area contributed by atoms with Gasteiger partial charge in [0.05, 0.1) is 0 Å². The van der Waals surface area contributed by atoms with Gasteiger partial charge in [0, 0.05) is 6.04 Å². The van der Waals surface area contributed by atoms with Crippen molar-refractivity contribution >= 4 is 11.8 Å². The van der Waals surface area contributed by atoms with Crippen LogP contribution in [0.1, 0.15) is 47.0 Å². The van der Waals surface area contributed by atoms with Gasteiger partial charge in [-0.05, 0) is 38.0 Å². The molecule has 2 amide bonds. The maximum Gasteiger partial charge on any atom is 0.246 e. The molecule has 18 heavy (non-hydrogen) atoms. The molecule has 1 N–H and O–H groups in total. The second-order valence-electron chi connectivity index (χ2n) is 5.98. The van der Waals surface area contributed by atoms with E-state index in [0.717, 1.165) is 0 Å². The van der Waals surface area contributed by atoms with Crippen molar-refractivity contribution in [3.8, 4) is 0 Å². The van der Waals surface area contributed by atoms with Gasteiger partial charge in [-0.25, -0.2) is 0 Å². The van der Waals surface area contributed by atoms with E-state index >= 15 is 0 Å². The molecule has 1 aliphatic carbocycles. The molecule has 1 saturated carbocycles. The van der Waals surface area contributed by atoms with E-state index in [2.05, 4.69) is 12.2 Å². The molecule has 1 aliphatic heterocycles. The third kappa shape index (κ3) is 2.25. The summed E-state index contributed by atoms with van der Waals surface area (Å²) < 4.78 is 0. The molecule has 0 spiro atoms. The highest BCUT2D eigenvalue weighted by atomic mass is 16.2. The van der Waals surface area contributed by atoms with Gasteiger partial charge in [0.2, 0.25) is 11.8 Å². The number of rotatable bonds is 4. The molecule has 2 aliphatic rings. The highest BCUT2D eigenvalue weighted by molar-refractivity contribution is 5.97. The van der Waals surface area contributed by atoms with Gasteiger partial charge in [0.1, 0.15) is 12.1 Å². The van der Waals surface area contributed by atoms with Crippen LogP contribution in [-0.2, 0) is 9.59 Å². The summed E-state index contributed by atoms with van der Waals surface area (Å²) in [7, 11) is 0. The minimum Gasteiger partial charge on any atom is -0.342 e. The van der Waals surface area contributed by atoms with E-state index in [1.165, 1.54) is 12.8 Å². The van der Waals surface area contributed by atoms with Crippen LogP contribution in [0.4, 0.5) is 0 Å². The zero-order valence-corrected chi connectivity index (χ0v) is 11.8. The molecule has 4 heteroatoms. The van der Waals surface area contributed by atoms with Gasteiger partial charge in [-0.1, -0.05) is 20.8 Å². The van der Waals surface area contributed by atoms with Crippen LogP contribution in [0.15, 0.2) is 0 Å². The fourth-order valence-corrected chi connectivity index (χ4v) is 2.88. The molecule has 1 heterocycles. The number of hydrogen-bond acceptors (Lipinski definition) is 2. The summed E-state index contributed by atoms with van der Waals surface area (Å²) in [6, 6.07) is -0.417. The third-order valence-corrected chi connectivity index (χ3v) is 4.25. The number of carbonyl (C=O) groups excluding carboxylic acids is 2.